The lowest BCUT2D eigenvalue weighted by Crippen LogP contribution is -2.11. The highest BCUT2D eigenvalue weighted by atomic mass is 16.5. The maximum Gasteiger partial charge on any atom is 0.203 e. The zero-order valence-corrected chi connectivity index (χ0v) is 12.4. The first-order chi connectivity index (χ1) is 9.70. The summed E-state index contributed by atoms with van der Waals surface area (Å²) < 4.78 is 7.45. The third-order valence-electron chi connectivity index (χ3n) is 3.12. The smallest absolute Gasteiger partial charge is 0.203 e. The molecule has 0 aliphatic heterocycles. The lowest BCUT2D eigenvalue weighted by atomic mass is 10.2. The van der Waals surface area contributed by atoms with Crippen molar-refractivity contribution in [2.75, 3.05) is 25.1 Å². The predicted molar refractivity (Wildman–Crippen MR) is 79.0 cm³/mol. The van der Waals surface area contributed by atoms with E-state index < -0.39 is 0 Å². The van der Waals surface area contributed by atoms with E-state index in [-0.39, 0.29) is 0 Å². The van der Waals surface area contributed by atoms with Gasteiger partial charge in [-0.15, -0.1) is 0 Å². The van der Waals surface area contributed by atoms with Crippen molar-refractivity contribution in [3.05, 3.63) is 29.3 Å². The highest BCUT2D eigenvalue weighted by molar-refractivity contribution is 5.30. The van der Waals surface area contributed by atoms with Gasteiger partial charge < -0.3 is 14.6 Å². The Labute approximate surface area is 119 Å². The summed E-state index contributed by atoms with van der Waals surface area (Å²) in [5.41, 5.74) is 3.29. The van der Waals surface area contributed by atoms with E-state index in [1.165, 1.54) is 5.56 Å². The molecule has 0 radical (unpaired) electrons. The molecule has 110 valence electrons. The molecule has 20 heavy (non-hydrogen) atoms. The Bertz CT molecular complexity index is 531. The maximum atomic E-state index is 5.33. The Morgan fingerprint density at radius 1 is 1.40 bits per heavy atom. The van der Waals surface area contributed by atoms with Gasteiger partial charge in [-0.3, -0.25) is 5.10 Å². The molecule has 0 atom stereocenters. The molecular weight excluding hydrogens is 254 g/mol. The number of nitrogens with zero attached hydrogens (tertiary/aromatic N) is 3. The summed E-state index contributed by atoms with van der Waals surface area (Å²) in [6, 6.07) is 0. The van der Waals surface area contributed by atoms with E-state index in [1.54, 1.807) is 0 Å². The highest BCUT2D eigenvalue weighted by Crippen LogP contribution is 2.13. The number of H-pyrrole nitrogens is 1. The van der Waals surface area contributed by atoms with Crippen molar-refractivity contribution in [2.45, 2.75) is 33.7 Å². The number of hydrogen-bond donors (Lipinski definition) is 2. The fourth-order valence-corrected chi connectivity index (χ4v) is 2.05. The number of aromatic nitrogens is 4. The molecule has 0 spiro atoms. The third-order valence-corrected chi connectivity index (χ3v) is 3.12. The minimum Gasteiger partial charge on any atom is -0.382 e. The van der Waals surface area contributed by atoms with E-state index in [1.807, 2.05) is 27.0 Å². The van der Waals surface area contributed by atoms with Crippen LogP contribution in [0.15, 0.2) is 12.4 Å². The number of ether oxygens (including phenoxy) is 1. The molecule has 0 bridgehead atoms. The van der Waals surface area contributed by atoms with Crippen LogP contribution in [0, 0.1) is 13.8 Å². The summed E-state index contributed by atoms with van der Waals surface area (Å²) >= 11 is 0. The summed E-state index contributed by atoms with van der Waals surface area (Å²) in [6.07, 6.45) is 4.89. The van der Waals surface area contributed by atoms with Crippen molar-refractivity contribution in [1.82, 2.24) is 19.7 Å². The summed E-state index contributed by atoms with van der Waals surface area (Å²) in [6.45, 7) is 9.23. The number of rotatable bonds is 8. The minimum atomic E-state index is 0.771. The predicted octanol–water partition coefficient (Wildman–Crippen LogP) is 2.11. The number of aromatic amines is 1. The van der Waals surface area contributed by atoms with E-state index in [9.17, 15) is 0 Å². The molecule has 0 aliphatic rings. The SMILES string of the molecule is CCOCCCNc1nc(C)cn1Cc1cn[nH]c1C. The monoisotopic (exact) mass is 277 g/mol. The minimum absolute atomic E-state index is 0.771. The molecule has 2 heterocycles. The topological polar surface area (TPSA) is 67.8 Å². The number of anilines is 1. The fraction of sp³-hybridized carbons (Fsp3) is 0.571. The van der Waals surface area contributed by atoms with Crippen LogP contribution >= 0.6 is 0 Å². The molecule has 0 fully saturated rings. The van der Waals surface area contributed by atoms with Crippen LogP contribution < -0.4 is 5.32 Å². The molecule has 0 aromatic carbocycles. The average molecular weight is 277 g/mol. The van der Waals surface area contributed by atoms with E-state index in [2.05, 4.69) is 31.3 Å². The van der Waals surface area contributed by atoms with Crippen molar-refractivity contribution in [3.63, 3.8) is 0 Å². The first kappa shape index (κ1) is 14.6. The Morgan fingerprint density at radius 3 is 2.95 bits per heavy atom. The van der Waals surface area contributed by atoms with Crippen molar-refractivity contribution in [1.29, 1.82) is 0 Å². The van der Waals surface area contributed by atoms with Crippen molar-refractivity contribution < 1.29 is 4.74 Å². The second kappa shape index (κ2) is 7.09. The van der Waals surface area contributed by atoms with Crippen molar-refractivity contribution in [3.8, 4) is 0 Å². The molecule has 0 saturated heterocycles. The van der Waals surface area contributed by atoms with Crippen LogP contribution in [0.25, 0.3) is 0 Å². The molecule has 0 aliphatic carbocycles. The molecule has 0 amide bonds. The third kappa shape index (κ3) is 3.84. The van der Waals surface area contributed by atoms with Gasteiger partial charge >= 0.3 is 0 Å². The van der Waals surface area contributed by atoms with Gasteiger partial charge in [0.1, 0.15) is 0 Å². The van der Waals surface area contributed by atoms with E-state index >= 15 is 0 Å². The van der Waals surface area contributed by atoms with E-state index in [4.69, 9.17) is 4.74 Å². The standard InChI is InChI=1S/C14H23N5O/c1-4-20-7-5-6-15-14-17-11(2)9-19(14)10-13-8-16-18-12(13)3/h8-9H,4-7,10H2,1-3H3,(H,15,17)(H,16,18). The Balaban J connectivity index is 1.94. The summed E-state index contributed by atoms with van der Waals surface area (Å²) in [4.78, 5) is 4.52. The van der Waals surface area contributed by atoms with Gasteiger partial charge in [-0.05, 0) is 27.2 Å². The number of imidazole rings is 1. The van der Waals surface area contributed by atoms with Gasteiger partial charge in [-0.25, -0.2) is 4.98 Å². The second-order valence-electron chi connectivity index (χ2n) is 4.83. The molecular formula is C14H23N5O. The van der Waals surface area contributed by atoms with Crippen LogP contribution in [0.3, 0.4) is 0 Å². The fourth-order valence-electron chi connectivity index (χ4n) is 2.05. The van der Waals surface area contributed by atoms with Gasteiger partial charge in [0.15, 0.2) is 0 Å². The maximum absolute atomic E-state index is 5.33. The number of aryl methyl sites for hydroxylation is 2. The summed E-state index contributed by atoms with van der Waals surface area (Å²) in [7, 11) is 0. The molecule has 6 heteroatoms. The second-order valence-corrected chi connectivity index (χ2v) is 4.83. The van der Waals surface area contributed by atoms with Crippen LogP contribution in [0.2, 0.25) is 0 Å². The van der Waals surface area contributed by atoms with Crippen LogP contribution in [0.5, 0.6) is 0 Å². The first-order valence-corrected chi connectivity index (χ1v) is 7.05. The average Bonchev–Trinajstić information content (AvgIpc) is 2.97. The van der Waals surface area contributed by atoms with Gasteiger partial charge in [0.2, 0.25) is 5.95 Å². The Hall–Kier alpha value is -1.82. The highest BCUT2D eigenvalue weighted by Gasteiger charge is 2.08. The lowest BCUT2D eigenvalue weighted by Gasteiger charge is -2.09. The van der Waals surface area contributed by atoms with Crippen LogP contribution in [-0.2, 0) is 11.3 Å². The molecule has 6 nitrogen and oxygen atoms in total. The van der Waals surface area contributed by atoms with E-state index in [0.29, 0.717) is 0 Å². The largest absolute Gasteiger partial charge is 0.382 e. The van der Waals surface area contributed by atoms with Crippen LogP contribution in [-0.4, -0.2) is 39.5 Å². The molecule has 2 rings (SSSR count). The number of nitrogens with one attached hydrogen (secondary N) is 2. The molecule has 0 saturated carbocycles. The molecule has 2 aromatic rings. The summed E-state index contributed by atoms with van der Waals surface area (Å²) in [5, 5.41) is 10.4. The summed E-state index contributed by atoms with van der Waals surface area (Å²) in [5.74, 6) is 0.902. The van der Waals surface area contributed by atoms with Crippen molar-refractivity contribution >= 4 is 5.95 Å². The molecule has 0 unspecified atom stereocenters. The first-order valence-electron chi connectivity index (χ1n) is 7.05. The lowest BCUT2D eigenvalue weighted by molar-refractivity contribution is 0.147. The van der Waals surface area contributed by atoms with Crippen LogP contribution in [0.4, 0.5) is 5.95 Å². The zero-order chi connectivity index (χ0) is 14.4. The van der Waals surface area contributed by atoms with Crippen molar-refractivity contribution in [2.24, 2.45) is 0 Å². The molecule has 2 N–H and O–H groups in total. The van der Waals surface area contributed by atoms with Gasteiger partial charge in [-0.1, -0.05) is 0 Å². The van der Waals surface area contributed by atoms with Gasteiger partial charge in [0.25, 0.3) is 0 Å². The Morgan fingerprint density at radius 2 is 2.25 bits per heavy atom. The number of hydrogen-bond acceptors (Lipinski definition) is 4. The molecule has 2 aromatic heterocycles. The van der Waals surface area contributed by atoms with Gasteiger partial charge in [0.05, 0.1) is 18.4 Å². The van der Waals surface area contributed by atoms with Gasteiger partial charge in [0, 0.05) is 37.2 Å². The Kier molecular flexibility index (Phi) is 5.17. The quantitative estimate of drug-likeness (QED) is 0.725. The zero-order valence-electron chi connectivity index (χ0n) is 12.4. The van der Waals surface area contributed by atoms with Gasteiger partial charge in [-0.2, -0.15) is 5.10 Å². The van der Waals surface area contributed by atoms with Crippen LogP contribution in [0.1, 0.15) is 30.3 Å². The normalized spacial score (nSPS) is 10.9. The van der Waals surface area contributed by atoms with E-state index in [0.717, 1.165) is 50.1 Å².